The monoisotopic (exact) mass is 1160 g/mol. The summed E-state index contributed by atoms with van der Waals surface area (Å²) in [4.78, 5) is 37.8. The van der Waals surface area contributed by atoms with E-state index in [2.05, 4.69) is 74.7 Å². The molecule has 10 heteroatoms. The van der Waals surface area contributed by atoms with Gasteiger partial charge in [0.25, 0.3) is 0 Å². The maximum Gasteiger partial charge on any atom is 0.472 e. The number of rotatable bonds is 63. The van der Waals surface area contributed by atoms with Crippen molar-refractivity contribution in [3.63, 3.8) is 0 Å². The van der Waals surface area contributed by atoms with Gasteiger partial charge in [-0.15, -0.1) is 0 Å². The van der Waals surface area contributed by atoms with Gasteiger partial charge in [0.2, 0.25) is 5.91 Å². The van der Waals surface area contributed by atoms with Gasteiger partial charge in [-0.2, -0.15) is 0 Å². The SMILES string of the molecule is CCCCC/C=C\C/C=C\C/C=C\CCCCCCCCC(=O)OC(/C=C\CCCCCCCCCCC)C(COP(=O)(O)OCC[N+](C)(C)C)NC(=O)CCCCCCCCCCCCCCCCC/C=C/CCCCCCCC. The number of unbranched alkanes of at least 4 members (excludes halogenated alkanes) is 39. The predicted molar refractivity (Wildman–Crippen MR) is 351 cm³/mol. The summed E-state index contributed by atoms with van der Waals surface area (Å²) in [6.07, 6.45) is 78.0. The number of carbonyl (C=O) groups excluding carboxylic acids is 2. The molecule has 0 saturated heterocycles. The smallest absolute Gasteiger partial charge is 0.456 e. The molecule has 0 fully saturated rings. The van der Waals surface area contributed by atoms with Crippen LogP contribution in [-0.4, -0.2) is 74.3 Å². The molecule has 0 saturated carbocycles. The molecule has 0 aliphatic rings. The number of phosphoric ester groups is 1. The molecule has 0 heterocycles. The lowest BCUT2D eigenvalue weighted by Gasteiger charge is -2.27. The molecule has 0 rings (SSSR count). The molecule has 3 atom stereocenters. The topological polar surface area (TPSA) is 111 Å². The Balaban J connectivity index is 5.05. The number of hydrogen-bond donors (Lipinski definition) is 2. The molecule has 474 valence electrons. The molecular formula is C71H134N2O7P+. The van der Waals surface area contributed by atoms with Crippen LogP contribution in [0.3, 0.4) is 0 Å². The number of phosphoric acid groups is 1. The van der Waals surface area contributed by atoms with Gasteiger partial charge in [-0.3, -0.25) is 18.6 Å². The summed E-state index contributed by atoms with van der Waals surface area (Å²) in [5.74, 6) is -0.510. The standard InChI is InChI=1S/C71H133N2O7P/c1-7-10-13-16-19-22-25-27-29-31-33-34-35-36-37-38-40-41-43-45-48-51-54-57-60-63-70(74)72-68(67-79-81(76,77)78-66-65-73(4,5)6)69(62-59-56-53-50-47-24-21-18-15-12-9-3)80-71(75)64-61-58-55-52-49-46-44-42-39-32-30-28-26-23-20-17-14-11-8-2/h20,23,27-30,39,42,59,62,68-69H,7-19,21-22,24-26,31-38,40-41,43-58,60-61,63-67H2,1-6H3,(H-,72,74,76,77)/p+1/b23-20-,29-27+,30-28-,42-39-,62-59-. The maximum atomic E-state index is 13.6. The minimum absolute atomic E-state index is 0.0378. The normalized spacial score (nSPS) is 13.9. The van der Waals surface area contributed by atoms with E-state index >= 15 is 0 Å². The molecule has 0 radical (unpaired) electrons. The quantitative estimate of drug-likeness (QED) is 0.0205. The second-order valence-electron chi connectivity index (χ2n) is 24.7. The van der Waals surface area contributed by atoms with Crippen molar-refractivity contribution in [1.29, 1.82) is 0 Å². The third-order valence-corrected chi connectivity index (χ3v) is 16.4. The van der Waals surface area contributed by atoms with E-state index in [1.807, 2.05) is 33.3 Å². The van der Waals surface area contributed by atoms with Crippen molar-refractivity contribution in [1.82, 2.24) is 5.32 Å². The van der Waals surface area contributed by atoms with Crippen molar-refractivity contribution in [2.75, 3.05) is 40.9 Å². The molecule has 0 aliphatic carbocycles. The molecule has 0 aromatic rings. The zero-order valence-electron chi connectivity index (χ0n) is 54.3. The van der Waals surface area contributed by atoms with Crippen molar-refractivity contribution in [3.8, 4) is 0 Å². The highest BCUT2D eigenvalue weighted by atomic mass is 31.2. The summed E-state index contributed by atoms with van der Waals surface area (Å²) in [6, 6.07) is -0.854. The Morgan fingerprint density at radius 2 is 0.753 bits per heavy atom. The minimum atomic E-state index is -4.45. The average Bonchev–Trinajstić information content (AvgIpc) is 3.44. The first-order valence-corrected chi connectivity index (χ1v) is 36.1. The van der Waals surface area contributed by atoms with Gasteiger partial charge >= 0.3 is 13.8 Å². The fraction of sp³-hybridized carbons (Fsp3) is 0.831. The number of nitrogens with zero attached hydrogens (tertiary/aromatic N) is 1. The van der Waals surface area contributed by atoms with Crippen LogP contribution in [0.4, 0.5) is 0 Å². The van der Waals surface area contributed by atoms with E-state index in [-0.39, 0.29) is 31.5 Å². The van der Waals surface area contributed by atoms with Crippen LogP contribution >= 0.6 is 7.82 Å². The first kappa shape index (κ1) is 78.7. The molecule has 3 unspecified atom stereocenters. The van der Waals surface area contributed by atoms with E-state index in [9.17, 15) is 19.0 Å². The van der Waals surface area contributed by atoms with Crippen molar-refractivity contribution >= 4 is 19.7 Å². The highest BCUT2D eigenvalue weighted by molar-refractivity contribution is 7.47. The van der Waals surface area contributed by atoms with Crippen LogP contribution in [0.15, 0.2) is 60.8 Å². The number of quaternary nitrogens is 1. The van der Waals surface area contributed by atoms with Gasteiger partial charge in [0.1, 0.15) is 19.3 Å². The summed E-state index contributed by atoms with van der Waals surface area (Å²) in [7, 11) is 1.49. The lowest BCUT2D eigenvalue weighted by molar-refractivity contribution is -0.870. The largest absolute Gasteiger partial charge is 0.472 e. The summed E-state index contributed by atoms with van der Waals surface area (Å²) < 4.78 is 30.8. The number of allylic oxidation sites excluding steroid dienone is 9. The van der Waals surface area contributed by atoms with Gasteiger partial charge in [0, 0.05) is 12.8 Å². The molecule has 81 heavy (non-hydrogen) atoms. The Labute approximate surface area is 502 Å². The van der Waals surface area contributed by atoms with E-state index in [4.69, 9.17) is 13.8 Å². The summed E-state index contributed by atoms with van der Waals surface area (Å²) >= 11 is 0. The van der Waals surface area contributed by atoms with Gasteiger partial charge in [-0.05, 0) is 96.0 Å². The molecule has 0 aromatic carbocycles. The van der Waals surface area contributed by atoms with Crippen molar-refractivity contribution in [2.45, 2.75) is 341 Å². The number of ether oxygens (including phenoxy) is 1. The Morgan fingerprint density at radius 1 is 0.432 bits per heavy atom. The van der Waals surface area contributed by atoms with E-state index < -0.39 is 20.0 Å². The van der Waals surface area contributed by atoms with Crippen molar-refractivity contribution < 1.29 is 37.3 Å². The Hall–Kier alpha value is -2.29. The Morgan fingerprint density at radius 3 is 1.16 bits per heavy atom. The van der Waals surface area contributed by atoms with E-state index in [1.165, 1.54) is 212 Å². The first-order chi connectivity index (χ1) is 39.4. The predicted octanol–water partition coefficient (Wildman–Crippen LogP) is 21.8. The van der Waals surface area contributed by atoms with Gasteiger partial charge in [0.05, 0.1) is 33.8 Å². The van der Waals surface area contributed by atoms with Crippen LogP contribution in [-0.2, 0) is 27.9 Å². The maximum absolute atomic E-state index is 13.6. The molecule has 0 bridgehead atoms. The van der Waals surface area contributed by atoms with E-state index in [0.717, 1.165) is 83.5 Å². The molecule has 0 spiro atoms. The fourth-order valence-corrected chi connectivity index (χ4v) is 10.8. The van der Waals surface area contributed by atoms with Crippen LogP contribution in [0.1, 0.15) is 329 Å². The molecule has 2 N–H and O–H groups in total. The van der Waals surface area contributed by atoms with Crippen molar-refractivity contribution in [2.24, 2.45) is 0 Å². The molecule has 0 aliphatic heterocycles. The first-order valence-electron chi connectivity index (χ1n) is 34.6. The van der Waals surface area contributed by atoms with Gasteiger partial charge < -0.3 is 19.4 Å². The number of nitrogens with one attached hydrogen (secondary N) is 1. The second kappa shape index (κ2) is 60.8. The van der Waals surface area contributed by atoms with Gasteiger partial charge in [0.15, 0.2) is 0 Å². The molecule has 9 nitrogen and oxygen atoms in total. The molecule has 0 aromatic heterocycles. The van der Waals surface area contributed by atoms with E-state index in [1.54, 1.807) is 0 Å². The Bertz CT molecular complexity index is 1570. The lowest BCUT2D eigenvalue weighted by Crippen LogP contribution is -2.47. The number of amides is 1. The van der Waals surface area contributed by atoms with Gasteiger partial charge in [-0.1, -0.05) is 281 Å². The van der Waals surface area contributed by atoms with Crippen LogP contribution in [0.5, 0.6) is 0 Å². The third-order valence-electron chi connectivity index (χ3n) is 15.4. The van der Waals surface area contributed by atoms with Crippen molar-refractivity contribution in [3.05, 3.63) is 60.8 Å². The van der Waals surface area contributed by atoms with Crippen LogP contribution in [0.25, 0.3) is 0 Å². The van der Waals surface area contributed by atoms with Crippen LogP contribution < -0.4 is 5.32 Å². The number of esters is 1. The summed E-state index contributed by atoms with van der Waals surface area (Å²) in [5.41, 5.74) is 0. The molecular weight excluding hydrogens is 1020 g/mol. The highest BCUT2D eigenvalue weighted by Crippen LogP contribution is 2.43. The van der Waals surface area contributed by atoms with E-state index in [0.29, 0.717) is 17.4 Å². The summed E-state index contributed by atoms with van der Waals surface area (Å²) in [5, 5.41) is 3.07. The van der Waals surface area contributed by atoms with Crippen LogP contribution in [0, 0.1) is 0 Å². The fourth-order valence-electron chi connectivity index (χ4n) is 10.1. The zero-order chi connectivity index (χ0) is 59.3. The highest BCUT2D eigenvalue weighted by Gasteiger charge is 2.30. The number of likely N-dealkylation sites (N-methyl/N-ethyl adjacent to an activating group) is 1. The second-order valence-corrected chi connectivity index (χ2v) is 26.1. The summed E-state index contributed by atoms with van der Waals surface area (Å²) in [6.45, 7) is 7.00. The van der Waals surface area contributed by atoms with Crippen LogP contribution in [0.2, 0.25) is 0 Å². The number of carbonyl (C=O) groups is 2. The minimum Gasteiger partial charge on any atom is -0.456 e. The van der Waals surface area contributed by atoms with Gasteiger partial charge in [-0.25, -0.2) is 4.57 Å². The number of hydrogen-bond acceptors (Lipinski definition) is 6. The Kier molecular flexibility index (Phi) is 59.1. The average molecular weight is 1160 g/mol. The third kappa shape index (κ3) is 62.1. The zero-order valence-corrected chi connectivity index (χ0v) is 55.2. The molecule has 1 amide bonds. The lowest BCUT2D eigenvalue weighted by atomic mass is 10.0.